The molecule has 0 bridgehead atoms. The zero-order valence-electron chi connectivity index (χ0n) is 21.2. The maximum atomic E-state index is 12.3. The van der Waals surface area contributed by atoms with Gasteiger partial charge in [-0.05, 0) is 26.0 Å². The average molecular weight is 523 g/mol. The highest BCUT2D eigenvalue weighted by molar-refractivity contribution is 6.32. The molecular weight excluding hydrogens is 485 g/mol. The van der Waals surface area contributed by atoms with Gasteiger partial charge >= 0.3 is 6.18 Å². The first-order valence-electron chi connectivity index (χ1n) is 11.1. The van der Waals surface area contributed by atoms with Crippen LogP contribution in [0, 0.1) is 0 Å². The molecule has 0 aliphatic carbocycles. The molecule has 1 aromatic heterocycles. The molecule has 200 valence electrons. The fourth-order valence-corrected chi connectivity index (χ4v) is 2.09. The van der Waals surface area contributed by atoms with Crippen LogP contribution in [0.3, 0.4) is 0 Å². The van der Waals surface area contributed by atoms with Crippen molar-refractivity contribution in [1.29, 1.82) is 0 Å². The van der Waals surface area contributed by atoms with Crippen LogP contribution in [0.5, 0.6) is 0 Å². The Hall–Kier alpha value is -2.69. The van der Waals surface area contributed by atoms with Crippen molar-refractivity contribution in [3.63, 3.8) is 0 Å². The molecule has 35 heavy (non-hydrogen) atoms. The minimum Gasteiger partial charge on any atom is -0.397 e. The van der Waals surface area contributed by atoms with Crippen LogP contribution in [0.25, 0.3) is 11.3 Å². The second-order valence-corrected chi connectivity index (χ2v) is 6.05. The lowest BCUT2D eigenvalue weighted by Crippen LogP contribution is -2.26. The summed E-state index contributed by atoms with van der Waals surface area (Å²) in [7, 11) is 0. The zero-order valence-corrected chi connectivity index (χ0v) is 22.0. The van der Waals surface area contributed by atoms with Gasteiger partial charge in [-0.15, -0.1) is 6.58 Å². The summed E-state index contributed by atoms with van der Waals surface area (Å²) in [6.07, 6.45) is -1.45. The first-order chi connectivity index (χ1) is 16.6. The lowest BCUT2D eigenvalue weighted by atomic mass is 10.1. The van der Waals surface area contributed by atoms with Crippen molar-refractivity contribution < 1.29 is 28.2 Å². The molecule has 0 aliphatic heterocycles. The van der Waals surface area contributed by atoms with Gasteiger partial charge < -0.3 is 20.8 Å². The van der Waals surface area contributed by atoms with E-state index in [9.17, 15) is 18.0 Å². The van der Waals surface area contributed by atoms with Gasteiger partial charge in [0.05, 0.1) is 23.5 Å². The van der Waals surface area contributed by atoms with E-state index in [1.807, 2.05) is 34.6 Å². The third-order valence-corrected chi connectivity index (χ3v) is 3.29. The SMILES string of the molecule is C=CC.CC.CC.CCO.O=C(NCCO)c1ccc(-c2nc(NCC(F)(F)F)ncc2Cl)cc1. The number of hydrogen-bond donors (Lipinski definition) is 4. The van der Waals surface area contributed by atoms with E-state index < -0.39 is 12.7 Å². The zero-order chi connectivity index (χ0) is 27.9. The molecule has 4 N–H and O–H groups in total. The van der Waals surface area contributed by atoms with Crippen molar-refractivity contribution in [1.82, 2.24) is 15.3 Å². The van der Waals surface area contributed by atoms with Gasteiger partial charge in [0.15, 0.2) is 0 Å². The second-order valence-electron chi connectivity index (χ2n) is 5.64. The number of aromatic nitrogens is 2. The number of allylic oxidation sites excluding steroid dienone is 1. The fraction of sp³-hybridized carbons (Fsp3) is 0.458. The van der Waals surface area contributed by atoms with Gasteiger partial charge in [-0.2, -0.15) is 13.2 Å². The lowest BCUT2D eigenvalue weighted by Gasteiger charge is -2.10. The third-order valence-electron chi connectivity index (χ3n) is 3.01. The number of carbonyl (C=O) groups excluding carboxylic acids is 1. The van der Waals surface area contributed by atoms with Crippen molar-refractivity contribution in [2.75, 3.05) is 31.6 Å². The normalized spacial score (nSPS) is 9.26. The lowest BCUT2D eigenvalue weighted by molar-refractivity contribution is -0.115. The predicted molar refractivity (Wildman–Crippen MR) is 138 cm³/mol. The van der Waals surface area contributed by atoms with E-state index in [1.165, 1.54) is 18.3 Å². The first kappa shape index (κ1) is 36.9. The molecule has 0 saturated heterocycles. The maximum absolute atomic E-state index is 12.3. The van der Waals surface area contributed by atoms with Gasteiger partial charge in [-0.1, -0.05) is 57.5 Å². The Kier molecular flexibility index (Phi) is 24.3. The molecule has 0 aliphatic rings. The first-order valence-corrected chi connectivity index (χ1v) is 11.5. The van der Waals surface area contributed by atoms with Crippen LogP contribution in [0.15, 0.2) is 43.1 Å². The minimum atomic E-state index is -4.40. The number of amides is 1. The molecule has 7 nitrogen and oxygen atoms in total. The van der Waals surface area contributed by atoms with E-state index in [1.54, 1.807) is 25.1 Å². The summed E-state index contributed by atoms with van der Waals surface area (Å²) >= 11 is 6.01. The van der Waals surface area contributed by atoms with Crippen molar-refractivity contribution in [3.05, 3.63) is 53.7 Å². The van der Waals surface area contributed by atoms with Crippen LogP contribution in [-0.2, 0) is 0 Å². The summed E-state index contributed by atoms with van der Waals surface area (Å²) in [6.45, 7) is 13.9. The van der Waals surface area contributed by atoms with Crippen molar-refractivity contribution in [2.24, 2.45) is 0 Å². The van der Waals surface area contributed by atoms with Crippen molar-refractivity contribution >= 4 is 23.5 Å². The molecule has 0 atom stereocenters. The number of alkyl halides is 3. The smallest absolute Gasteiger partial charge is 0.397 e. The van der Waals surface area contributed by atoms with Crippen LogP contribution < -0.4 is 10.6 Å². The summed E-state index contributed by atoms with van der Waals surface area (Å²) in [5.74, 6) is -0.566. The number of hydrogen-bond acceptors (Lipinski definition) is 6. The number of anilines is 1. The Labute approximate surface area is 211 Å². The molecule has 1 aromatic carbocycles. The van der Waals surface area contributed by atoms with Crippen molar-refractivity contribution in [2.45, 2.75) is 47.7 Å². The van der Waals surface area contributed by atoms with E-state index in [4.69, 9.17) is 21.8 Å². The Morgan fingerprint density at radius 3 is 2.06 bits per heavy atom. The third kappa shape index (κ3) is 18.3. The van der Waals surface area contributed by atoms with E-state index in [0.29, 0.717) is 11.1 Å². The highest BCUT2D eigenvalue weighted by Gasteiger charge is 2.27. The number of benzene rings is 1. The molecule has 0 radical (unpaired) electrons. The Bertz CT molecular complexity index is 806. The fourth-order valence-electron chi connectivity index (χ4n) is 1.88. The largest absolute Gasteiger partial charge is 0.405 e. The van der Waals surface area contributed by atoms with Gasteiger partial charge in [0, 0.05) is 24.3 Å². The van der Waals surface area contributed by atoms with Gasteiger partial charge in [-0.3, -0.25) is 4.79 Å². The predicted octanol–water partition coefficient (Wildman–Crippen LogP) is 5.74. The highest BCUT2D eigenvalue weighted by Crippen LogP contribution is 2.27. The molecule has 2 aromatic rings. The standard InChI is InChI=1S/C15H14ClF3N4O2.C3H6.C2H6O.2C2H6/c16-11-7-21-14(22-8-15(17,18)19)23-12(11)9-1-3-10(4-2-9)13(25)20-5-6-24;1-3-2;1-2-3;2*1-2/h1-4,7,24H,5-6,8H2,(H,20,25)(H,21,22,23);3H,1H2,2H3;3H,2H2,1H3;2*1-2H3. The number of carbonyl (C=O) groups is 1. The molecule has 1 amide bonds. The second kappa shape index (κ2) is 23.1. The number of rotatable bonds is 6. The number of nitrogens with zero attached hydrogens (tertiary/aromatic N) is 2. The maximum Gasteiger partial charge on any atom is 0.405 e. The summed E-state index contributed by atoms with van der Waals surface area (Å²) < 4.78 is 36.8. The van der Waals surface area contributed by atoms with E-state index in [2.05, 4.69) is 27.2 Å². The number of aliphatic hydroxyl groups excluding tert-OH is 2. The van der Waals surface area contributed by atoms with Crippen LogP contribution in [0.1, 0.15) is 51.9 Å². The summed E-state index contributed by atoms with van der Waals surface area (Å²) in [5.41, 5.74) is 1.11. The molecule has 0 spiro atoms. The van der Waals surface area contributed by atoms with E-state index in [-0.39, 0.29) is 42.3 Å². The van der Waals surface area contributed by atoms with Crippen molar-refractivity contribution in [3.8, 4) is 11.3 Å². The summed E-state index contributed by atoms with van der Waals surface area (Å²) in [5, 5.41) is 21.0. The highest BCUT2D eigenvalue weighted by atomic mass is 35.5. The Balaban J connectivity index is -0.000000891. The molecular formula is C24H38ClF3N4O3. The molecule has 2 rings (SSSR count). The summed E-state index contributed by atoms with van der Waals surface area (Å²) in [4.78, 5) is 19.4. The number of halogens is 4. The van der Waals surface area contributed by atoms with Gasteiger partial charge in [0.1, 0.15) is 6.54 Å². The van der Waals surface area contributed by atoms with Crippen LogP contribution in [0.4, 0.5) is 19.1 Å². The van der Waals surface area contributed by atoms with Gasteiger partial charge in [-0.25, -0.2) is 9.97 Å². The molecule has 0 saturated carbocycles. The van der Waals surface area contributed by atoms with Crippen LogP contribution >= 0.6 is 11.6 Å². The number of nitrogens with one attached hydrogen (secondary N) is 2. The van der Waals surface area contributed by atoms with Gasteiger partial charge in [0.2, 0.25) is 5.95 Å². The molecule has 0 fully saturated rings. The van der Waals surface area contributed by atoms with E-state index in [0.717, 1.165) is 0 Å². The summed E-state index contributed by atoms with van der Waals surface area (Å²) in [6, 6.07) is 6.16. The Morgan fingerprint density at radius 1 is 1.14 bits per heavy atom. The number of aliphatic hydroxyl groups is 2. The minimum absolute atomic E-state index is 0.132. The molecule has 1 heterocycles. The molecule has 0 unspecified atom stereocenters. The van der Waals surface area contributed by atoms with Gasteiger partial charge in [0.25, 0.3) is 5.91 Å². The van der Waals surface area contributed by atoms with Crippen LogP contribution in [-0.4, -0.2) is 58.6 Å². The molecule has 11 heteroatoms. The quantitative estimate of drug-likeness (QED) is 0.360. The Morgan fingerprint density at radius 2 is 1.63 bits per heavy atom. The van der Waals surface area contributed by atoms with E-state index >= 15 is 0 Å². The monoisotopic (exact) mass is 522 g/mol. The topological polar surface area (TPSA) is 107 Å². The van der Waals surface area contributed by atoms with Crippen LogP contribution in [0.2, 0.25) is 5.02 Å². The average Bonchev–Trinajstić information content (AvgIpc) is 2.85.